The van der Waals surface area contributed by atoms with Gasteiger partial charge in [-0.15, -0.1) is 5.10 Å². The summed E-state index contributed by atoms with van der Waals surface area (Å²) in [4.78, 5) is 13.1. The lowest BCUT2D eigenvalue weighted by Crippen LogP contribution is -2.49. The Kier molecular flexibility index (Phi) is 4.48. The summed E-state index contributed by atoms with van der Waals surface area (Å²) in [5, 5.41) is 18.6. The quantitative estimate of drug-likeness (QED) is 0.853. The molecular weight excluding hydrogens is 316 g/mol. The zero-order valence-electron chi connectivity index (χ0n) is 14.4. The molecule has 1 amide bonds. The van der Waals surface area contributed by atoms with Crippen LogP contribution >= 0.6 is 0 Å². The summed E-state index contributed by atoms with van der Waals surface area (Å²) < 4.78 is 1.64. The molecule has 3 atom stereocenters. The van der Waals surface area contributed by atoms with Crippen molar-refractivity contribution < 1.29 is 4.79 Å². The maximum absolute atomic E-state index is 13.1. The van der Waals surface area contributed by atoms with Gasteiger partial charge < -0.3 is 10.6 Å². The van der Waals surface area contributed by atoms with Crippen molar-refractivity contribution >= 4 is 5.91 Å². The summed E-state index contributed by atoms with van der Waals surface area (Å²) in [6.45, 7) is 1.83. The third kappa shape index (κ3) is 3.56. The summed E-state index contributed by atoms with van der Waals surface area (Å²) in [5.41, 5.74) is 1.10. The van der Waals surface area contributed by atoms with Gasteiger partial charge >= 0.3 is 0 Å². The number of nitrogens with zero attached hydrogens (tertiary/aromatic N) is 4. The lowest BCUT2D eigenvalue weighted by molar-refractivity contribution is -0.125. The third-order valence-electron chi connectivity index (χ3n) is 5.35. The van der Waals surface area contributed by atoms with Crippen molar-refractivity contribution in [3.05, 3.63) is 41.7 Å². The Morgan fingerprint density at radius 1 is 1.28 bits per heavy atom. The minimum Gasteiger partial charge on any atom is -0.351 e. The summed E-state index contributed by atoms with van der Waals surface area (Å²) in [6, 6.07) is 10.9. The van der Waals surface area contributed by atoms with Crippen molar-refractivity contribution in [1.82, 2.24) is 30.8 Å². The summed E-state index contributed by atoms with van der Waals surface area (Å²) in [5.74, 6) is 0.659. The van der Waals surface area contributed by atoms with Gasteiger partial charge in [0.25, 0.3) is 0 Å². The van der Waals surface area contributed by atoms with Crippen LogP contribution in [-0.4, -0.2) is 44.2 Å². The number of aromatic nitrogens is 4. The smallest absolute Gasteiger partial charge is 0.245 e. The molecule has 2 saturated heterocycles. The number of benzene rings is 1. The van der Waals surface area contributed by atoms with Gasteiger partial charge in [0, 0.05) is 24.5 Å². The monoisotopic (exact) mass is 340 g/mol. The van der Waals surface area contributed by atoms with Gasteiger partial charge in [0.2, 0.25) is 5.91 Å². The second-order valence-corrected chi connectivity index (χ2v) is 7.19. The van der Waals surface area contributed by atoms with Gasteiger partial charge in [-0.25, -0.2) is 4.68 Å². The minimum absolute atomic E-state index is 0.00514. The van der Waals surface area contributed by atoms with Crippen molar-refractivity contribution in [2.45, 2.75) is 63.2 Å². The number of piperidine rings is 1. The van der Waals surface area contributed by atoms with E-state index in [0.29, 0.717) is 24.3 Å². The average molecular weight is 340 g/mol. The number of hydrogen-bond donors (Lipinski definition) is 2. The van der Waals surface area contributed by atoms with Crippen molar-refractivity contribution in [1.29, 1.82) is 0 Å². The highest BCUT2D eigenvalue weighted by molar-refractivity contribution is 5.81. The van der Waals surface area contributed by atoms with Crippen molar-refractivity contribution in [3.63, 3.8) is 0 Å². The number of amides is 1. The van der Waals surface area contributed by atoms with E-state index >= 15 is 0 Å². The van der Waals surface area contributed by atoms with E-state index in [1.807, 2.05) is 37.3 Å². The van der Waals surface area contributed by atoms with Crippen molar-refractivity contribution in [2.24, 2.45) is 0 Å². The van der Waals surface area contributed by atoms with Crippen LogP contribution in [0.15, 0.2) is 30.3 Å². The predicted molar refractivity (Wildman–Crippen MR) is 92.8 cm³/mol. The predicted octanol–water partition coefficient (Wildman–Crippen LogP) is 1.16. The molecule has 1 aromatic heterocycles. The summed E-state index contributed by atoms with van der Waals surface area (Å²) in [7, 11) is 0. The van der Waals surface area contributed by atoms with E-state index in [1.54, 1.807) is 4.68 Å². The standard InChI is InChI=1S/C18H24N6O/c1-12-21-22-23-24(12)17(9-13-5-3-2-4-6-13)18(25)20-16-10-14-7-8-15(11-16)19-14/h2-6,14-17,19H,7-11H2,1H3,(H,20,25). The average Bonchev–Trinajstić information content (AvgIpc) is 3.18. The van der Waals surface area contributed by atoms with E-state index < -0.39 is 6.04 Å². The SMILES string of the molecule is Cc1nnnn1C(Cc1ccccc1)C(=O)NC1CC2CCC(C1)N2. The number of carbonyl (C=O) groups is 1. The molecule has 0 aliphatic carbocycles. The van der Waals surface area contributed by atoms with Crippen molar-refractivity contribution in [3.8, 4) is 0 Å². The number of hydrogen-bond acceptors (Lipinski definition) is 5. The molecule has 2 N–H and O–H groups in total. The van der Waals surface area contributed by atoms with E-state index in [0.717, 1.165) is 18.4 Å². The zero-order valence-corrected chi connectivity index (χ0v) is 14.4. The van der Waals surface area contributed by atoms with Gasteiger partial charge in [-0.3, -0.25) is 4.79 Å². The highest BCUT2D eigenvalue weighted by Crippen LogP contribution is 2.27. The Morgan fingerprint density at radius 3 is 2.64 bits per heavy atom. The van der Waals surface area contributed by atoms with E-state index in [1.165, 1.54) is 12.8 Å². The lowest BCUT2D eigenvalue weighted by atomic mass is 9.98. The van der Waals surface area contributed by atoms with Gasteiger partial charge in [-0.05, 0) is 48.6 Å². The van der Waals surface area contributed by atoms with Crippen LogP contribution in [0, 0.1) is 6.92 Å². The molecule has 25 heavy (non-hydrogen) atoms. The number of rotatable bonds is 5. The van der Waals surface area contributed by atoms with Crippen LogP contribution in [0.5, 0.6) is 0 Å². The van der Waals surface area contributed by atoms with Crippen molar-refractivity contribution in [2.75, 3.05) is 0 Å². The second-order valence-electron chi connectivity index (χ2n) is 7.19. The van der Waals surface area contributed by atoms with Crippen LogP contribution in [0.4, 0.5) is 0 Å². The Morgan fingerprint density at radius 2 is 2.00 bits per heavy atom. The minimum atomic E-state index is -0.426. The molecule has 7 heteroatoms. The number of tetrazole rings is 1. The maximum atomic E-state index is 13.1. The highest BCUT2D eigenvalue weighted by Gasteiger charge is 2.35. The molecule has 132 valence electrons. The number of aryl methyl sites for hydroxylation is 1. The molecule has 1 aromatic carbocycles. The van der Waals surface area contributed by atoms with E-state index in [4.69, 9.17) is 0 Å². The fourth-order valence-electron chi connectivity index (χ4n) is 4.13. The first-order valence-corrected chi connectivity index (χ1v) is 9.04. The molecule has 3 unspecified atom stereocenters. The first-order valence-electron chi connectivity index (χ1n) is 9.04. The molecule has 0 saturated carbocycles. The van der Waals surface area contributed by atoms with E-state index in [2.05, 4.69) is 26.2 Å². The van der Waals surface area contributed by atoms with Gasteiger partial charge in [-0.1, -0.05) is 30.3 Å². The molecule has 7 nitrogen and oxygen atoms in total. The third-order valence-corrected chi connectivity index (χ3v) is 5.35. The molecular formula is C18H24N6O. The molecule has 2 aromatic rings. The fraction of sp³-hybridized carbons (Fsp3) is 0.556. The van der Waals surface area contributed by atoms with Gasteiger partial charge in [0.05, 0.1) is 0 Å². The number of nitrogens with one attached hydrogen (secondary N) is 2. The zero-order chi connectivity index (χ0) is 17.2. The molecule has 3 heterocycles. The van der Waals surface area contributed by atoms with Crippen LogP contribution in [-0.2, 0) is 11.2 Å². The first kappa shape index (κ1) is 16.2. The van der Waals surface area contributed by atoms with Crippen LogP contribution in [0.25, 0.3) is 0 Å². The second kappa shape index (κ2) is 6.92. The topological polar surface area (TPSA) is 84.7 Å². The molecule has 2 bridgehead atoms. The Labute approximate surface area is 147 Å². The lowest BCUT2D eigenvalue weighted by Gasteiger charge is -2.31. The highest BCUT2D eigenvalue weighted by atomic mass is 16.2. The number of carbonyl (C=O) groups excluding carboxylic acids is 1. The van der Waals surface area contributed by atoms with Gasteiger partial charge in [-0.2, -0.15) is 0 Å². The largest absolute Gasteiger partial charge is 0.351 e. The summed E-state index contributed by atoms with van der Waals surface area (Å²) >= 11 is 0. The van der Waals surface area contributed by atoms with Crippen LogP contribution < -0.4 is 10.6 Å². The molecule has 0 spiro atoms. The maximum Gasteiger partial charge on any atom is 0.245 e. The fourth-order valence-corrected chi connectivity index (χ4v) is 4.13. The summed E-state index contributed by atoms with van der Waals surface area (Å²) in [6.07, 6.45) is 5.04. The number of fused-ring (bicyclic) bond motifs is 2. The molecule has 0 radical (unpaired) electrons. The van der Waals surface area contributed by atoms with E-state index in [9.17, 15) is 4.79 Å². The molecule has 2 aliphatic rings. The van der Waals surface area contributed by atoms with Crippen LogP contribution in [0.2, 0.25) is 0 Å². The van der Waals surface area contributed by atoms with Gasteiger partial charge in [0.1, 0.15) is 11.9 Å². The van der Waals surface area contributed by atoms with Crippen LogP contribution in [0.3, 0.4) is 0 Å². The Bertz CT molecular complexity index is 718. The Hall–Kier alpha value is -2.28. The normalized spacial score (nSPS) is 26.4. The molecule has 2 fully saturated rings. The van der Waals surface area contributed by atoms with E-state index in [-0.39, 0.29) is 11.9 Å². The molecule has 4 rings (SSSR count). The molecule has 2 aliphatic heterocycles. The Balaban J connectivity index is 1.51. The first-order chi connectivity index (χ1) is 12.2. The van der Waals surface area contributed by atoms with Crippen LogP contribution in [0.1, 0.15) is 43.1 Å². The van der Waals surface area contributed by atoms with Gasteiger partial charge in [0.15, 0.2) is 0 Å².